The third-order valence-corrected chi connectivity index (χ3v) is 5.87. The molecule has 1 aliphatic rings. The molecule has 0 unspecified atom stereocenters. The van der Waals surface area contributed by atoms with Crippen LogP contribution in [0.25, 0.3) is 16.1 Å². The van der Waals surface area contributed by atoms with Gasteiger partial charge in [0, 0.05) is 43.5 Å². The van der Waals surface area contributed by atoms with Crippen molar-refractivity contribution in [3.05, 3.63) is 75.7 Å². The Hall–Kier alpha value is -3.34. The molecular formula is C24H24ClN5O2. The van der Waals surface area contributed by atoms with Gasteiger partial charge in [-0.05, 0) is 36.2 Å². The van der Waals surface area contributed by atoms with Gasteiger partial charge in [0.2, 0.25) is 0 Å². The van der Waals surface area contributed by atoms with Crippen molar-refractivity contribution in [2.45, 2.75) is 26.1 Å². The molecular weight excluding hydrogens is 426 g/mol. The molecule has 7 nitrogen and oxygen atoms in total. The van der Waals surface area contributed by atoms with Crippen LogP contribution in [0, 0.1) is 6.57 Å². The number of hydrogen-bond donors (Lipinski definition) is 1. The lowest BCUT2D eigenvalue weighted by Gasteiger charge is -2.31. The molecule has 0 bridgehead atoms. The lowest BCUT2D eigenvalue weighted by Crippen LogP contribution is -2.41. The van der Waals surface area contributed by atoms with Crippen LogP contribution in [0.1, 0.15) is 34.6 Å². The third kappa shape index (κ3) is 3.95. The molecule has 1 N–H and O–H groups in total. The van der Waals surface area contributed by atoms with E-state index in [0.717, 1.165) is 16.8 Å². The first-order valence-corrected chi connectivity index (χ1v) is 10.7. The summed E-state index contributed by atoms with van der Waals surface area (Å²) in [5.41, 5.74) is 4.95. The molecule has 0 spiro atoms. The van der Waals surface area contributed by atoms with Gasteiger partial charge in [0.1, 0.15) is 5.69 Å². The molecule has 0 saturated heterocycles. The summed E-state index contributed by atoms with van der Waals surface area (Å²) in [5.74, 6) is -0.0954. The highest BCUT2D eigenvalue weighted by Crippen LogP contribution is 2.37. The number of halogens is 1. The van der Waals surface area contributed by atoms with Crippen LogP contribution < -0.4 is 4.90 Å². The van der Waals surface area contributed by atoms with E-state index >= 15 is 0 Å². The van der Waals surface area contributed by atoms with E-state index in [2.05, 4.69) is 4.85 Å². The lowest BCUT2D eigenvalue weighted by atomic mass is 10.0. The number of fused-ring (bicyclic) bond motifs is 1. The minimum Gasteiger partial charge on any atom is -0.392 e. The second-order valence-corrected chi connectivity index (χ2v) is 8.62. The first-order chi connectivity index (χ1) is 15.3. The van der Waals surface area contributed by atoms with Crippen LogP contribution in [0.15, 0.2) is 42.5 Å². The molecule has 1 aromatic heterocycles. The second-order valence-electron chi connectivity index (χ2n) is 8.18. The Morgan fingerprint density at radius 3 is 2.59 bits per heavy atom. The monoisotopic (exact) mass is 449 g/mol. The summed E-state index contributed by atoms with van der Waals surface area (Å²) in [6.07, 6.45) is 0. The Morgan fingerprint density at radius 2 is 1.97 bits per heavy atom. The van der Waals surface area contributed by atoms with E-state index in [1.807, 2.05) is 44.1 Å². The minimum absolute atomic E-state index is 0.00773. The van der Waals surface area contributed by atoms with Gasteiger partial charge in [0.25, 0.3) is 5.91 Å². The normalized spacial score (nSPS) is 15.4. The van der Waals surface area contributed by atoms with Crippen molar-refractivity contribution in [2.75, 3.05) is 25.5 Å². The number of amides is 1. The first kappa shape index (κ1) is 21.9. The Labute approximate surface area is 192 Å². The topological polar surface area (TPSA) is 66.0 Å². The Bertz CT molecular complexity index is 1210. The number of rotatable bonds is 5. The number of aromatic nitrogens is 2. The van der Waals surface area contributed by atoms with Crippen molar-refractivity contribution in [2.24, 2.45) is 0 Å². The fourth-order valence-corrected chi connectivity index (χ4v) is 4.34. The quantitative estimate of drug-likeness (QED) is 0.581. The summed E-state index contributed by atoms with van der Waals surface area (Å²) in [4.78, 5) is 20.4. The summed E-state index contributed by atoms with van der Waals surface area (Å²) in [5, 5.41) is 15.2. The molecule has 2 aromatic carbocycles. The van der Waals surface area contributed by atoms with Crippen LogP contribution in [0.2, 0.25) is 5.02 Å². The molecule has 4 rings (SSSR count). The first-order valence-electron chi connectivity index (χ1n) is 10.3. The summed E-state index contributed by atoms with van der Waals surface area (Å²) >= 11 is 6.25. The van der Waals surface area contributed by atoms with E-state index < -0.39 is 0 Å². The van der Waals surface area contributed by atoms with Crippen molar-refractivity contribution in [1.29, 1.82) is 0 Å². The molecule has 0 fully saturated rings. The summed E-state index contributed by atoms with van der Waals surface area (Å²) in [6.45, 7) is 9.93. The van der Waals surface area contributed by atoms with Gasteiger partial charge in [-0.25, -0.2) is 4.85 Å². The van der Waals surface area contributed by atoms with E-state index in [1.165, 1.54) is 0 Å². The van der Waals surface area contributed by atoms with Crippen LogP contribution in [0.3, 0.4) is 0 Å². The van der Waals surface area contributed by atoms with Crippen LogP contribution in [-0.2, 0) is 13.2 Å². The number of benzene rings is 2. The average Bonchev–Trinajstić information content (AvgIpc) is 3.23. The van der Waals surface area contributed by atoms with E-state index in [4.69, 9.17) is 23.3 Å². The van der Waals surface area contributed by atoms with Gasteiger partial charge in [-0.3, -0.25) is 9.48 Å². The number of aliphatic hydroxyl groups is 1. The standard InChI is InChI=1S/C24H24ClN5O2/c1-15-12-29(13-16-5-7-19(26-2)8-6-16)24(32)22-11-20(27-30(15)22)23-17(14-31)9-18(25)10-21(23)28(3)4/h5-11,15,31H,12-14H2,1,3-4H3/t15-/m0/s1. The third-order valence-electron chi connectivity index (χ3n) is 5.66. The van der Waals surface area contributed by atoms with Gasteiger partial charge in [-0.15, -0.1) is 0 Å². The smallest absolute Gasteiger partial charge is 0.272 e. The predicted molar refractivity (Wildman–Crippen MR) is 125 cm³/mol. The highest BCUT2D eigenvalue weighted by atomic mass is 35.5. The SMILES string of the molecule is [C-]#[N+]c1ccc(CN2C[C@H](C)n3nc(-c4c(CO)cc(Cl)cc4N(C)C)cc3C2=O)cc1. The molecule has 32 heavy (non-hydrogen) atoms. The largest absolute Gasteiger partial charge is 0.392 e. The zero-order chi connectivity index (χ0) is 23.0. The summed E-state index contributed by atoms with van der Waals surface area (Å²) in [7, 11) is 3.81. The van der Waals surface area contributed by atoms with Crippen molar-refractivity contribution in [3.63, 3.8) is 0 Å². The maximum atomic E-state index is 13.3. The molecule has 164 valence electrons. The van der Waals surface area contributed by atoms with E-state index in [9.17, 15) is 9.90 Å². The highest BCUT2D eigenvalue weighted by molar-refractivity contribution is 6.31. The van der Waals surface area contributed by atoms with Gasteiger partial charge < -0.3 is 14.9 Å². The van der Waals surface area contributed by atoms with Crippen LogP contribution in [0.4, 0.5) is 11.4 Å². The number of carbonyl (C=O) groups excluding carboxylic acids is 1. The number of hydrogen-bond acceptors (Lipinski definition) is 4. The molecule has 3 aromatic rings. The van der Waals surface area contributed by atoms with E-state index in [0.29, 0.717) is 40.8 Å². The molecule has 1 aliphatic heterocycles. The molecule has 1 atom stereocenters. The van der Waals surface area contributed by atoms with Gasteiger partial charge in [-0.1, -0.05) is 35.9 Å². The van der Waals surface area contributed by atoms with Crippen molar-refractivity contribution in [1.82, 2.24) is 14.7 Å². The van der Waals surface area contributed by atoms with Crippen LogP contribution >= 0.6 is 11.6 Å². The number of nitrogens with zero attached hydrogens (tertiary/aromatic N) is 5. The Balaban J connectivity index is 1.71. The predicted octanol–water partition coefficient (Wildman–Crippen LogP) is 4.53. The summed E-state index contributed by atoms with van der Waals surface area (Å²) in [6, 6.07) is 12.6. The molecule has 2 heterocycles. The van der Waals surface area contributed by atoms with E-state index in [-0.39, 0.29) is 18.6 Å². The van der Waals surface area contributed by atoms with Crippen LogP contribution in [0.5, 0.6) is 0 Å². The Morgan fingerprint density at radius 1 is 1.25 bits per heavy atom. The van der Waals surface area contributed by atoms with Crippen LogP contribution in [-0.4, -0.2) is 46.3 Å². The fourth-order valence-electron chi connectivity index (χ4n) is 4.11. The van der Waals surface area contributed by atoms with Crippen molar-refractivity contribution in [3.8, 4) is 11.3 Å². The maximum Gasteiger partial charge on any atom is 0.272 e. The second kappa shape index (κ2) is 8.65. The van der Waals surface area contributed by atoms with Crippen molar-refractivity contribution >= 4 is 28.9 Å². The lowest BCUT2D eigenvalue weighted by molar-refractivity contribution is 0.0651. The van der Waals surface area contributed by atoms with Gasteiger partial charge in [0.15, 0.2) is 5.69 Å². The van der Waals surface area contributed by atoms with Gasteiger partial charge in [-0.2, -0.15) is 5.10 Å². The van der Waals surface area contributed by atoms with Gasteiger partial charge in [0.05, 0.1) is 24.9 Å². The molecule has 0 radical (unpaired) electrons. The number of aliphatic hydroxyl groups excluding tert-OH is 1. The van der Waals surface area contributed by atoms with Crippen molar-refractivity contribution < 1.29 is 9.90 Å². The van der Waals surface area contributed by atoms with E-state index in [1.54, 1.807) is 33.8 Å². The molecule has 8 heteroatoms. The average molecular weight is 450 g/mol. The number of anilines is 1. The maximum absolute atomic E-state index is 13.3. The fraction of sp³-hybridized carbons (Fsp3) is 0.292. The zero-order valence-electron chi connectivity index (χ0n) is 18.2. The Kier molecular flexibility index (Phi) is 5.92. The molecule has 0 aliphatic carbocycles. The highest BCUT2D eigenvalue weighted by Gasteiger charge is 2.32. The molecule has 0 saturated carbocycles. The minimum atomic E-state index is -0.185. The van der Waals surface area contributed by atoms with Gasteiger partial charge >= 0.3 is 0 Å². The molecule has 1 amide bonds. The summed E-state index contributed by atoms with van der Waals surface area (Å²) < 4.78 is 1.77. The zero-order valence-corrected chi connectivity index (χ0v) is 19.0. The number of carbonyl (C=O) groups is 1.